The molecular weight excluding hydrogens is 289 g/mol. The molecule has 0 saturated heterocycles. The molecule has 0 spiro atoms. The lowest BCUT2D eigenvalue weighted by Crippen LogP contribution is -2.31. The molecule has 0 bridgehead atoms. The van der Waals surface area contributed by atoms with Gasteiger partial charge in [0, 0.05) is 12.1 Å². The minimum atomic E-state index is -0.604. The first-order chi connectivity index (χ1) is 10.5. The van der Waals surface area contributed by atoms with Crippen LogP contribution in [-0.2, 0) is 12.8 Å². The lowest BCUT2D eigenvalue weighted by molar-refractivity contribution is 0.394. The molecule has 5 N–H and O–H groups in total. The SMILES string of the molecule is Oc1cc(F)c(CC2NCCc3cc(O)c(O)cc32)cc1O. The summed E-state index contributed by atoms with van der Waals surface area (Å²) in [6, 6.07) is 4.81. The van der Waals surface area contributed by atoms with Crippen molar-refractivity contribution in [3.8, 4) is 23.0 Å². The molecule has 2 aromatic carbocycles. The molecular formula is C16H16FNO4. The fraction of sp³-hybridized carbons (Fsp3) is 0.250. The number of halogens is 1. The van der Waals surface area contributed by atoms with E-state index in [1.807, 2.05) is 0 Å². The van der Waals surface area contributed by atoms with E-state index in [-0.39, 0.29) is 35.3 Å². The number of benzene rings is 2. The molecule has 1 unspecified atom stereocenters. The molecule has 0 fully saturated rings. The Bertz CT molecular complexity index is 733. The van der Waals surface area contributed by atoms with Crippen LogP contribution in [-0.4, -0.2) is 27.0 Å². The Hall–Kier alpha value is -2.47. The van der Waals surface area contributed by atoms with Crippen molar-refractivity contribution in [1.82, 2.24) is 5.32 Å². The van der Waals surface area contributed by atoms with Crippen molar-refractivity contribution in [2.24, 2.45) is 0 Å². The monoisotopic (exact) mass is 305 g/mol. The van der Waals surface area contributed by atoms with Gasteiger partial charge in [-0.3, -0.25) is 0 Å². The molecule has 2 aromatic rings. The van der Waals surface area contributed by atoms with Gasteiger partial charge in [0.15, 0.2) is 23.0 Å². The maximum Gasteiger partial charge on any atom is 0.160 e. The van der Waals surface area contributed by atoms with Gasteiger partial charge in [-0.15, -0.1) is 0 Å². The van der Waals surface area contributed by atoms with Gasteiger partial charge in [0.25, 0.3) is 0 Å². The van der Waals surface area contributed by atoms with E-state index >= 15 is 0 Å². The predicted molar refractivity (Wildman–Crippen MR) is 77.7 cm³/mol. The number of aromatic hydroxyl groups is 4. The molecule has 0 aromatic heterocycles. The van der Waals surface area contributed by atoms with E-state index in [1.54, 1.807) is 0 Å². The molecule has 3 rings (SSSR count). The molecule has 1 aliphatic heterocycles. The molecule has 0 saturated carbocycles. The van der Waals surface area contributed by atoms with Crippen LogP contribution in [0.5, 0.6) is 23.0 Å². The van der Waals surface area contributed by atoms with Gasteiger partial charge in [-0.25, -0.2) is 4.39 Å². The summed E-state index contributed by atoms with van der Waals surface area (Å²) >= 11 is 0. The molecule has 5 nitrogen and oxygen atoms in total. The Morgan fingerprint density at radius 2 is 1.59 bits per heavy atom. The zero-order chi connectivity index (χ0) is 15.9. The van der Waals surface area contributed by atoms with Crippen LogP contribution in [0, 0.1) is 5.82 Å². The largest absolute Gasteiger partial charge is 0.504 e. The normalized spacial score (nSPS) is 17.2. The second-order valence-corrected chi connectivity index (χ2v) is 5.43. The van der Waals surface area contributed by atoms with Gasteiger partial charge in [-0.1, -0.05) is 0 Å². The summed E-state index contributed by atoms with van der Waals surface area (Å²) in [5, 5.41) is 41.3. The summed E-state index contributed by atoms with van der Waals surface area (Å²) in [5.41, 5.74) is 1.93. The van der Waals surface area contributed by atoms with Crippen LogP contribution < -0.4 is 5.32 Å². The van der Waals surface area contributed by atoms with E-state index in [0.29, 0.717) is 13.0 Å². The van der Waals surface area contributed by atoms with Crippen LogP contribution in [0.2, 0.25) is 0 Å². The molecule has 0 amide bonds. The van der Waals surface area contributed by atoms with E-state index in [9.17, 15) is 24.8 Å². The molecule has 1 heterocycles. The first-order valence-corrected chi connectivity index (χ1v) is 6.94. The van der Waals surface area contributed by atoms with Gasteiger partial charge < -0.3 is 25.7 Å². The third-order valence-electron chi connectivity index (χ3n) is 3.96. The lowest BCUT2D eigenvalue weighted by atomic mass is 9.89. The van der Waals surface area contributed by atoms with Crippen LogP contribution in [0.25, 0.3) is 0 Å². The highest BCUT2D eigenvalue weighted by atomic mass is 19.1. The highest BCUT2D eigenvalue weighted by Crippen LogP contribution is 2.36. The predicted octanol–water partition coefficient (Wildman–Crippen LogP) is 2.08. The van der Waals surface area contributed by atoms with E-state index < -0.39 is 11.6 Å². The van der Waals surface area contributed by atoms with E-state index in [1.165, 1.54) is 18.2 Å². The van der Waals surface area contributed by atoms with Crippen LogP contribution in [0.15, 0.2) is 24.3 Å². The summed E-state index contributed by atoms with van der Waals surface area (Å²) < 4.78 is 13.9. The summed E-state index contributed by atoms with van der Waals surface area (Å²) in [6.45, 7) is 0.660. The van der Waals surface area contributed by atoms with E-state index in [2.05, 4.69) is 5.32 Å². The highest BCUT2D eigenvalue weighted by Gasteiger charge is 2.23. The van der Waals surface area contributed by atoms with E-state index in [4.69, 9.17) is 0 Å². The standard InChI is InChI=1S/C16H16FNO4/c17-11-7-16(22)14(20)5-9(11)3-12-10-6-15(21)13(19)4-8(10)1-2-18-12/h4-7,12,18-22H,1-3H2. The Labute approximate surface area is 126 Å². The van der Waals surface area contributed by atoms with Gasteiger partial charge in [-0.05, 0) is 54.3 Å². The third-order valence-corrected chi connectivity index (χ3v) is 3.96. The third kappa shape index (κ3) is 2.53. The van der Waals surface area contributed by atoms with Crippen molar-refractivity contribution >= 4 is 0 Å². The molecule has 0 radical (unpaired) electrons. The summed E-state index contributed by atoms with van der Waals surface area (Å²) in [6.07, 6.45) is 0.944. The Balaban J connectivity index is 1.95. The van der Waals surface area contributed by atoms with Crippen LogP contribution in [0.1, 0.15) is 22.7 Å². The highest BCUT2D eigenvalue weighted by molar-refractivity contribution is 5.48. The second kappa shape index (κ2) is 5.38. The van der Waals surface area contributed by atoms with Gasteiger partial charge in [0.2, 0.25) is 0 Å². The summed E-state index contributed by atoms with van der Waals surface area (Å²) in [4.78, 5) is 0. The number of rotatable bonds is 2. The molecule has 1 aliphatic rings. The van der Waals surface area contributed by atoms with Crippen molar-refractivity contribution in [3.05, 3.63) is 46.8 Å². The summed E-state index contributed by atoms with van der Waals surface area (Å²) in [7, 11) is 0. The average molecular weight is 305 g/mol. The van der Waals surface area contributed by atoms with Crippen LogP contribution in [0.3, 0.4) is 0 Å². The topological polar surface area (TPSA) is 93.0 Å². The smallest absolute Gasteiger partial charge is 0.160 e. The van der Waals surface area contributed by atoms with Gasteiger partial charge in [-0.2, -0.15) is 0 Å². The van der Waals surface area contributed by atoms with Crippen LogP contribution >= 0.6 is 0 Å². The number of fused-ring (bicyclic) bond motifs is 1. The number of nitrogens with one attached hydrogen (secondary N) is 1. The number of hydrogen-bond donors (Lipinski definition) is 5. The Kier molecular flexibility index (Phi) is 3.54. The zero-order valence-corrected chi connectivity index (χ0v) is 11.7. The summed E-state index contributed by atoms with van der Waals surface area (Å²) in [5.74, 6) is -1.87. The molecule has 116 valence electrons. The van der Waals surface area contributed by atoms with E-state index in [0.717, 1.165) is 17.2 Å². The Morgan fingerprint density at radius 3 is 2.36 bits per heavy atom. The average Bonchev–Trinajstić information content (AvgIpc) is 2.46. The lowest BCUT2D eigenvalue weighted by Gasteiger charge is -2.27. The van der Waals surface area contributed by atoms with Crippen molar-refractivity contribution in [1.29, 1.82) is 0 Å². The van der Waals surface area contributed by atoms with Crippen molar-refractivity contribution in [3.63, 3.8) is 0 Å². The molecule has 22 heavy (non-hydrogen) atoms. The minimum absolute atomic E-state index is 0.173. The molecule has 6 heteroatoms. The van der Waals surface area contributed by atoms with Gasteiger partial charge >= 0.3 is 0 Å². The fourth-order valence-corrected chi connectivity index (χ4v) is 2.82. The first-order valence-electron chi connectivity index (χ1n) is 6.94. The number of phenolic OH excluding ortho intramolecular Hbond substituents is 4. The van der Waals surface area contributed by atoms with Crippen molar-refractivity contribution in [2.75, 3.05) is 6.54 Å². The first kappa shape index (κ1) is 14.5. The zero-order valence-electron chi connectivity index (χ0n) is 11.7. The maximum absolute atomic E-state index is 13.9. The molecule has 0 aliphatic carbocycles. The van der Waals surface area contributed by atoms with Crippen LogP contribution in [0.4, 0.5) is 4.39 Å². The fourth-order valence-electron chi connectivity index (χ4n) is 2.82. The maximum atomic E-state index is 13.9. The van der Waals surface area contributed by atoms with Gasteiger partial charge in [0.1, 0.15) is 5.82 Å². The minimum Gasteiger partial charge on any atom is -0.504 e. The van der Waals surface area contributed by atoms with Crippen molar-refractivity contribution < 1.29 is 24.8 Å². The van der Waals surface area contributed by atoms with Crippen molar-refractivity contribution in [2.45, 2.75) is 18.9 Å². The quantitative estimate of drug-likeness (QED) is 0.548. The Morgan fingerprint density at radius 1 is 0.955 bits per heavy atom. The molecule has 1 atom stereocenters. The number of phenols is 4. The number of hydrogen-bond acceptors (Lipinski definition) is 5. The second-order valence-electron chi connectivity index (χ2n) is 5.43. The van der Waals surface area contributed by atoms with Gasteiger partial charge in [0.05, 0.1) is 0 Å².